The minimum absolute atomic E-state index is 0.140. The van der Waals surface area contributed by atoms with Crippen molar-refractivity contribution in [1.82, 2.24) is 10.2 Å². The number of rotatable bonds is 9. The highest BCUT2D eigenvalue weighted by Crippen LogP contribution is 2.22. The number of benzene rings is 3. The third-order valence-corrected chi connectivity index (χ3v) is 6.52. The van der Waals surface area contributed by atoms with E-state index in [1.54, 1.807) is 42.5 Å². The average molecular weight is 499 g/mol. The van der Waals surface area contributed by atoms with Crippen LogP contribution in [0.1, 0.15) is 27.3 Å². The van der Waals surface area contributed by atoms with Crippen LogP contribution >= 0.6 is 0 Å². The van der Waals surface area contributed by atoms with E-state index in [2.05, 4.69) is 10.6 Å². The maximum absolute atomic E-state index is 13.3. The fourth-order valence-electron chi connectivity index (χ4n) is 4.48. The summed E-state index contributed by atoms with van der Waals surface area (Å²) in [7, 11) is 0. The van der Waals surface area contributed by atoms with Crippen molar-refractivity contribution in [3.05, 3.63) is 90.2 Å². The number of para-hydroxylation sites is 3. The van der Waals surface area contributed by atoms with Gasteiger partial charge in [-0.25, -0.2) is 0 Å². The number of ether oxygens (including phenoxy) is 1. The summed E-state index contributed by atoms with van der Waals surface area (Å²) in [5.74, 6) is 0.955. The number of carbonyl (C=O) groups is 2. The van der Waals surface area contributed by atoms with Gasteiger partial charge >= 0.3 is 0 Å². The second-order valence-corrected chi connectivity index (χ2v) is 9.17. The first-order chi connectivity index (χ1) is 18.1. The molecule has 0 spiro atoms. The molecule has 1 aromatic heterocycles. The molecule has 8 nitrogen and oxygen atoms in total. The molecule has 37 heavy (non-hydrogen) atoms. The lowest BCUT2D eigenvalue weighted by Gasteiger charge is -2.24. The first-order valence-electron chi connectivity index (χ1n) is 12.4. The van der Waals surface area contributed by atoms with Gasteiger partial charge in [-0.05, 0) is 74.0 Å². The van der Waals surface area contributed by atoms with Crippen LogP contribution in [-0.2, 0) is 0 Å². The number of nitrogen functional groups attached to an aromatic ring is 1. The van der Waals surface area contributed by atoms with Crippen LogP contribution in [0.5, 0.6) is 5.75 Å². The number of nitrogens with two attached hydrogens (primary N) is 1. The van der Waals surface area contributed by atoms with Crippen molar-refractivity contribution in [2.45, 2.75) is 6.42 Å². The third kappa shape index (κ3) is 5.92. The van der Waals surface area contributed by atoms with Crippen LogP contribution in [0.4, 0.5) is 11.4 Å². The normalized spacial score (nSPS) is 15.0. The Morgan fingerprint density at radius 1 is 1.05 bits per heavy atom. The number of fused-ring (bicyclic) bond motifs is 1. The van der Waals surface area contributed by atoms with Crippen LogP contribution in [0.2, 0.25) is 0 Å². The molecule has 0 radical (unpaired) electrons. The second-order valence-electron chi connectivity index (χ2n) is 9.17. The molecule has 4 aromatic rings. The molecule has 190 valence electrons. The van der Waals surface area contributed by atoms with E-state index < -0.39 is 0 Å². The van der Waals surface area contributed by atoms with E-state index in [0.29, 0.717) is 59.6 Å². The Morgan fingerprint density at radius 3 is 2.59 bits per heavy atom. The van der Waals surface area contributed by atoms with Crippen LogP contribution in [0.25, 0.3) is 11.0 Å². The molecule has 1 aliphatic rings. The summed E-state index contributed by atoms with van der Waals surface area (Å²) in [4.78, 5) is 27.7. The highest BCUT2D eigenvalue weighted by atomic mass is 16.5. The number of anilines is 2. The van der Waals surface area contributed by atoms with Gasteiger partial charge in [-0.3, -0.25) is 9.59 Å². The summed E-state index contributed by atoms with van der Waals surface area (Å²) in [6.07, 6.45) is 1.03. The maximum atomic E-state index is 13.3. The van der Waals surface area contributed by atoms with Gasteiger partial charge in [0.2, 0.25) is 0 Å². The molecule has 8 heteroatoms. The van der Waals surface area contributed by atoms with Crippen molar-refractivity contribution < 1.29 is 18.7 Å². The van der Waals surface area contributed by atoms with Crippen molar-refractivity contribution in [2.24, 2.45) is 5.92 Å². The molecule has 3 aromatic carbocycles. The molecular weight excluding hydrogens is 468 g/mol. The molecule has 0 saturated carbocycles. The topological polar surface area (TPSA) is 110 Å². The standard InChI is InChI=1S/C29H30N4O4/c30-24-6-2-3-7-25(24)32-28(34)21-9-11-23(12-10-21)36-16-15-33(19-20-13-14-31-18-20)29(35)27-17-22-5-1-4-8-26(22)37-27/h1-12,17,20,31H,13-16,18-19,30H2,(H,32,34). The van der Waals surface area contributed by atoms with Gasteiger partial charge < -0.3 is 30.4 Å². The quantitative estimate of drug-likeness (QED) is 0.295. The number of carbonyl (C=O) groups excluding carboxylic acids is 2. The third-order valence-electron chi connectivity index (χ3n) is 6.52. The van der Waals surface area contributed by atoms with E-state index in [4.69, 9.17) is 14.9 Å². The van der Waals surface area contributed by atoms with Gasteiger partial charge in [0.25, 0.3) is 11.8 Å². The lowest BCUT2D eigenvalue weighted by molar-refractivity contribution is 0.0675. The van der Waals surface area contributed by atoms with E-state index >= 15 is 0 Å². The predicted octanol–water partition coefficient (Wildman–Crippen LogP) is 4.40. The summed E-state index contributed by atoms with van der Waals surface area (Å²) < 4.78 is 11.8. The Hall–Kier alpha value is -4.30. The lowest BCUT2D eigenvalue weighted by Crippen LogP contribution is -2.38. The molecular formula is C29H30N4O4. The monoisotopic (exact) mass is 498 g/mol. The summed E-state index contributed by atoms with van der Waals surface area (Å²) in [6, 6.07) is 23.4. The highest BCUT2D eigenvalue weighted by molar-refractivity contribution is 6.05. The molecule has 0 bridgehead atoms. The van der Waals surface area contributed by atoms with Crippen LogP contribution < -0.4 is 21.1 Å². The molecule has 1 aliphatic heterocycles. The van der Waals surface area contributed by atoms with Gasteiger partial charge in [0.1, 0.15) is 17.9 Å². The number of hydrogen-bond donors (Lipinski definition) is 3. The molecule has 1 unspecified atom stereocenters. The smallest absolute Gasteiger partial charge is 0.289 e. The van der Waals surface area contributed by atoms with E-state index in [0.717, 1.165) is 24.9 Å². The van der Waals surface area contributed by atoms with Gasteiger partial charge in [-0.1, -0.05) is 30.3 Å². The minimum atomic E-state index is -0.253. The summed E-state index contributed by atoms with van der Waals surface area (Å²) in [6.45, 7) is 3.22. The average Bonchev–Trinajstić information content (AvgIpc) is 3.59. The van der Waals surface area contributed by atoms with Gasteiger partial charge in [0.05, 0.1) is 17.9 Å². The van der Waals surface area contributed by atoms with Gasteiger partial charge in [0, 0.05) is 17.5 Å². The van der Waals surface area contributed by atoms with Crippen molar-refractivity contribution in [2.75, 3.05) is 43.8 Å². The lowest BCUT2D eigenvalue weighted by atomic mass is 10.1. The fraction of sp³-hybridized carbons (Fsp3) is 0.241. The van der Waals surface area contributed by atoms with Crippen molar-refractivity contribution in [1.29, 1.82) is 0 Å². The Kier molecular flexibility index (Phi) is 7.37. The van der Waals surface area contributed by atoms with Crippen LogP contribution in [-0.4, -0.2) is 49.5 Å². The first-order valence-corrected chi connectivity index (χ1v) is 12.4. The summed E-state index contributed by atoms with van der Waals surface area (Å²) >= 11 is 0. The largest absolute Gasteiger partial charge is 0.492 e. The van der Waals surface area contributed by atoms with E-state index in [-0.39, 0.29) is 11.8 Å². The van der Waals surface area contributed by atoms with Crippen LogP contribution in [0, 0.1) is 5.92 Å². The Labute approximate surface area is 215 Å². The SMILES string of the molecule is Nc1ccccc1NC(=O)c1ccc(OCCN(CC2CCNC2)C(=O)c2cc3ccccc3o2)cc1. The number of furan rings is 1. The van der Waals surface area contributed by atoms with Crippen molar-refractivity contribution in [3.63, 3.8) is 0 Å². The first kappa shape index (κ1) is 24.4. The molecule has 1 saturated heterocycles. The second kappa shape index (κ2) is 11.2. The van der Waals surface area contributed by atoms with E-state index in [9.17, 15) is 9.59 Å². The Morgan fingerprint density at radius 2 is 1.84 bits per heavy atom. The molecule has 4 N–H and O–H groups in total. The Balaban J connectivity index is 1.20. The number of nitrogens with one attached hydrogen (secondary N) is 2. The van der Waals surface area contributed by atoms with Gasteiger partial charge in [0.15, 0.2) is 5.76 Å². The van der Waals surface area contributed by atoms with Crippen molar-refractivity contribution >= 4 is 34.2 Å². The van der Waals surface area contributed by atoms with Crippen molar-refractivity contribution in [3.8, 4) is 5.75 Å². The van der Waals surface area contributed by atoms with Crippen LogP contribution in [0.15, 0.2) is 83.3 Å². The predicted molar refractivity (Wildman–Crippen MR) is 144 cm³/mol. The summed E-state index contributed by atoms with van der Waals surface area (Å²) in [5, 5.41) is 7.08. The number of hydrogen-bond acceptors (Lipinski definition) is 6. The number of amides is 2. The van der Waals surface area contributed by atoms with E-state index in [1.165, 1.54) is 0 Å². The molecule has 1 fully saturated rings. The zero-order valence-electron chi connectivity index (χ0n) is 20.5. The molecule has 5 rings (SSSR count). The van der Waals surface area contributed by atoms with Gasteiger partial charge in [-0.2, -0.15) is 0 Å². The highest BCUT2D eigenvalue weighted by Gasteiger charge is 2.25. The van der Waals surface area contributed by atoms with Crippen LogP contribution in [0.3, 0.4) is 0 Å². The molecule has 2 heterocycles. The number of nitrogens with zero attached hydrogens (tertiary/aromatic N) is 1. The fourth-order valence-corrected chi connectivity index (χ4v) is 4.48. The van der Waals surface area contributed by atoms with E-state index in [1.807, 2.05) is 41.3 Å². The minimum Gasteiger partial charge on any atom is -0.492 e. The molecule has 1 atom stereocenters. The molecule has 0 aliphatic carbocycles. The molecule has 2 amide bonds. The zero-order chi connectivity index (χ0) is 25.6. The maximum Gasteiger partial charge on any atom is 0.289 e. The zero-order valence-corrected chi connectivity index (χ0v) is 20.5. The summed E-state index contributed by atoms with van der Waals surface area (Å²) in [5.41, 5.74) is 8.17. The Bertz CT molecular complexity index is 1340. The van der Waals surface area contributed by atoms with Gasteiger partial charge in [-0.15, -0.1) is 0 Å².